The smallest absolute Gasteiger partial charge is 0.193 e. The molecule has 1 atom stereocenters. The van der Waals surface area contributed by atoms with Gasteiger partial charge in [-0.3, -0.25) is 4.99 Å². The zero-order chi connectivity index (χ0) is 17.0. The van der Waals surface area contributed by atoms with Gasteiger partial charge in [0.05, 0.1) is 0 Å². The molecule has 0 bridgehead atoms. The van der Waals surface area contributed by atoms with Crippen molar-refractivity contribution in [1.29, 1.82) is 0 Å². The van der Waals surface area contributed by atoms with Crippen LogP contribution >= 0.6 is 35.7 Å². The fourth-order valence-corrected chi connectivity index (χ4v) is 3.87. The Labute approximate surface area is 173 Å². The molecule has 0 aromatic carbocycles. The van der Waals surface area contributed by atoms with E-state index in [2.05, 4.69) is 46.1 Å². The summed E-state index contributed by atoms with van der Waals surface area (Å²) < 4.78 is 0. The number of aromatic nitrogens is 1. The van der Waals surface area contributed by atoms with Crippen molar-refractivity contribution in [3.8, 4) is 0 Å². The molecule has 2 N–H and O–H groups in total. The number of hydrogen-bond donors (Lipinski definition) is 2. The van der Waals surface area contributed by atoms with Crippen molar-refractivity contribution in [3.63, 3.8) is 0 Å². The Morgan fingerprint density at radius 3 is 2.96 bits per heavy atom. The Morgan fingerprint density at radius 1 is 1.36 bits per heavy atom. The quantitative estimate of drug-likeness (QED) is 0.259. The van der Waals surface area contributed by atoms with Crippen LogP contribution in [0.25, 0.3) is 0 Å². The zero-order valence-corrected chi connectivity index (χ0v) is 18.6. The van der Waals surface area contributed by atoms with Crippen LogP contribution in [-0.4, -0.2) is 59.6 Å². The summed E-state index contributed by atoms with van der Waals surface area (Å²) >= 11 is 2.10. The van der Waals surface area contributed by atoms with E-state index in [4.69, 9.17) is 4.99 Å². The molecule has 1 aromatic rings. The number of nitrogens with zero attached hydrogens (tertiary/aromatic N) is 3. The summed E-state index contributed by atoms with van der Waals surface area (Å²) in [7, 11) is 0. The minimum absolute atomic E-state index is 0. The third-order valence-electron chi connectivity index (χ3n) is 4.05. The fourth-order valence-electron chi connectivity index (χ4n) is 2.69. The van der Waals surface area contributed by atoms with E-state index in [1.54, 1.807) is 0 Å². The van der Waals surface area contributed by atoms with Crippen LogP contribution in [0.3, 0.4) is 0 Å². The lowest BCUT2D eigenvalue weighted by atomic mass is 10.3. The standard InChI is InChI=1S/C18H31N5S.HI/c1-3-16-15-23(13-14-24-16)18(19-4-2)22-12-8-7-11-21-17-9-5-6-10-20-17;/h5-6,9-10,16H,3-4,7-8,11-15H2,1-2H3,(H,19,22)(H,20,21);1H. The van der Waals surface area contributed by atoms with E-state index in [-0.39, 0.29) is 24.0 Å². The van der Waals surface area contributed by atoms with Gasteiger partial charge in [0.2, 0.25) is 0 Å². The van der Waals surface area contributed by atoms with Crippen LogP contribution in [0, 0.1) is 0 Å². The molecule has 1 aromatic heterocycles. The Morgan fingerprint density at radius 2 is 2.24 bits per heavy atom. The van der Waals surface area contributed by atoms with Crippen LogP contribution in [0.2, 0.25) is 0 Å². The topological polar surface area (TPSA) is 52.6 Å². The number of unbranched alkanes of at least 4 members (excludes halogenated alkanes) is 1. The van der Waals surface area contributed by atoms with E-state index >= 15 is 0 Å². The summed E-state index contributed by atoms with van der Waals surface area (Å²) in [5, 5.41) is 7.54. The van der Waals surface area contributed by atoms with Gasteiger partial charge in [-0.25, -0.2) is 4.98 Å². The first-order valence-corrected chi connectivity index (χ1v) is 10.2. The second kappa shape index (κ2) is 13.5. The molecule has 0 saturated carbocycles. The highest BCUT2D eigenvalue weighted by Gasteiger charge is 2.21. The van der Waals surface area contributed by atoms with Crippen LogP contribution in [0.4, 0.5) is 5.82 Å². The van der Waals surface area contributed by atoms with Gasteiger partial charge in [0.25, 0.3) is 0 Å². The van der Waals surface area contributed by atoms with Crippen LogP contribution in [0.1, 0.15) is 33.1 Å². The number of rotatable bonds is 8. The van der Waals surface area contributed by atoms with Crippen LogP contribution in [-0.2, 0) is 0 Å². The summed E-state index contributed by atoms with van der Waals surface area (Å²) in [4.78, 5) is 11.5. The molecule has 1 unspecified atom stereocenters. The molecule has 0 radical (unpaired) electrons. The van der Waals surface area contributed by atoms with Gasteiger partial charge < -0.3 is 15.5 Å². The molecule has 1 aliphatic heterocycles. The van der Waals surface area contributed by atoms with Gasteiger partial charge >= 0.3 is 0 Å². The predicted octanol–water partition coefficient (Wildman–Crippen LogP) is 3.68. The van der Waals surface area contributed by atoms with Gasteiger partial charge in [-0.2, -0.15) is 11.8 Å². The Kier molecular flexibility index (Phi) is 12.1. The average Bonchev–Trinajstić information content (AvgIpc) is 2.64. The summed E-state index contributed by atoms with van der Waals surface area (Å²) in [6, 6.07) is 5.94. The Bertz CT molecular complexity index is 486. The highest BCUT2D eigenvalue weighted by molar-refractivity contribution is 14.0. The predicted molar refractivity (Wildman–Crippen MR) is 121 cm³/mol. The summed E-state index contributed by atoms with van der Waals surface area (Å²) in [6.45, 7) is 9.40. The van der Waals surface area contributed by atoms with E-state index in [0.717, 1.165) is 62.6 Å². The van der Waals surface area contributed by atoms with Crippen molar-refractivity contribution in [2.24, 2.45) is 4.99 Å². The van der Waals surface area contributed by atoms with Gasteiger partial charge in [0.1, 0.15) is 5.82 Å². The van der Waals surface area contributed by atoms with E-state index in [9.17, 15) is 0 Å². The molecule has 2 rings (SSSR count). The van der Waals surface area contributed by atoms with Gasteiger partial charge in [-0.15, -0.1) is 24.0 Å². The third kappa shape index (κ3) is 8.48. The van der Waals surface area contributed by atoms with Gasteiger partial charge in [0, 0.05) is 49.9 Å². The summed E-state index contributed by atoms with van der Waals surface area (Å²) in [5.74, 6) is 3.25. The van der Waals surface area contributed by atoms with Crippen LogP contribution in [0.15, 0.2) is 29.4 Å². The number of halogens is 1. The number of guanidine groups is 1. The number of anilines is 1. The number of thioether (sulfide) groups is 1. The zero-order valence-electron chi connectivity index (χ0n) is 15.4. The molecular formula is C18H32IN5S. The largest absolute Gasteiger partial charge is 0.370 e. The molecule has 7 heteroatoms. The first-order valence-electron chi connectivity index (χ1n) is 9.13. The third-order valence-corrected chi connectivity index (χ3v) is 5.42. The van der Waals surface area contributed by atoms with Crippen molar-refractivity contribution in [3.05, 3.63) is 24.4 Å². The van der Waals surface area contributed by atoms with Crippen molar-refractivity contribution < 1.29 is 0 Å². The van der Waals surface area contributed by atoms with E-state index in [0.29, 0.717) is 0 Å². The average molecular weight is 477 g/mol. The monoisotopic (exact) mass is 477 g/mol. The second-order valence-electron chi connectivity index (χ2n) is 5.93. The molecule has 0 spiro atoms. The van der Waals surface area contributed by atoms with Gasteiger partial charge in [-0.05, 0) is 38.3 Å². The molecule has 5 nitrogen and oxygen atoms in total. The maximum atomic E-state index is 4.83. The maximum absolute atomic E-state index is 4.83. The first kappa shape index (κ1) is 22.3. The second-order valence-corrected chi connectivity index (χ2v) is 7.34. The number of nitrogens with one attached hydrogen (secondary N) is 2. The SMILES string of the molecule is CCNC(=NCCCCNc1ccccn1)N1CCSC(CC)C1.I. The van der Waals surface area contributed by atoms with Crippen molar-refractivity contribution in [2.45, 2.75) is 38.4 Å². The molecule has 1 fully saturated rings. The lowest BCUT2D eigenvalue weighted by molar-refractivity contribution is 0.408. The molecule has 142 valence electrons. The highest BCUT2D eigenvalue weighted by atomic mass is 127. The van der Waals surface area contributed by atoms with Crippen LogP contribution in [0.5, 0.6) is 0 Å². The van der Waals surface area contributed by atoms with Crippen molar-refractivity contribution in [2.75, 3.05) is 43.8 Å². The highest BCUT2D eigenvalue weighted by Crippen LogP contribution is 2.21. The van der Waals surface area contributed by atoms with E-state index < -0.39 is 0 Å². The molecule has 0 aliphatic carbocycles. The normalized spacial score (nSPS) is 17.8. The van der Waals surface area contributed by atoms with Crippen molar-refractivity contribution in [1.82, 2.24) is 15.2 Å². The molecule has 2 heterocycles. The van der Waals surface area contributed by atoms with Gasteiger partial charge in [-0.1, -0.05) is 13.0 Å². The maximum Gasteiger partial charge on any atom is 0.193 e. The minimum atomic E-state index is 0. The summed E-state index contributed by atoms with van der Waals surface area (Å²) in [6.07, 6.45) is 5.25. The Balaban J connectivity index is 0.00000312. The molecule has 0 amide bonds. The lowest BCUT2D eigenvalue weighted by Gasteiger charge is -2.34. The Hall–Kier alpha value is -0.700. The number of pyridine rings is 1. The van der Waals surface area contributed by atoms with Gasteiger partial charge in [0.15, 0.2) is 5.96 Å². The minimum Gasteiger partial charge on any atom is -0.370 e. The van der Waals surface area contributed by atoms with E-state index in [1.165, 1.54) is 12.2 Å². The molecule has 1 aliphatic rings. The van der Waals surface area contributed by atoms with E-state index in [1.807, 2.05) is 24.4 Å². The fraction of sp³-hybridized carbons (Fsp3) is 0.667. The molecule has 1 saturated heterocycles. The summed E-state index contributed by atoms with van der Waals surface area (Å²) in [5.41, 5.74) is 0. The molecule has 25 heavy (non-hydrogen) atoms. The lowest BCUT2D eigenvalue weighted by Crippen LogP contribution is -2.48. The van der Waals surface area contributed by atoms with Crippen LogP contribution < -0.4 is 10.6 Å². The molecular weight excluding hydrogens is 445 g/mol. The first-order chi connectivity index (χ1) is 11.8. The van der Waals surface area contributed by atoms with Crippen molar-refractivity contribution >= 4 is 47.5 Å². The number of aliphatic imine (C=N–C) groups is 1. The number of hydrogen-bond acceptors (Lipinski definition) is 4.